The van der Waals surface area contributed by atoms with E-state index in [9.17, 15) is 0 Å². The Bertz CT molecular complexity index is 372. The zero-order valence-electron chi connectivity index (χ0n) is 11.2. The number of nitrogens with one attached hydrogen (secondary N) is 1. The van der Waals surface area contributed by atoms with Gasteiger partial charge in [-0.3, -0.25) is 0 Å². The molecule has 3 heteroatoms. The number of fused-ring (bicyclic) bond motifs is 1. The van der Waals surface area contributed by atoms with Gasteiger partial charge in [0.2, 0.25) is 0 Å². The molecule has 3 rings (SSSR count). The minimum atomic E-state index is 0.621. The molecule has 1 aliphatic carbocycles. The second-order valence-electron chi connectivity index (χ2n) is 5.53. The number of thiophene rings is 1. The molecule has 0 spiro atoms. The molecule has 0 saturated heterocycles. The molecule has 0 amide bonds. The first-order chi connectivity index (χ1) is 8.86. The third-order valence-corrected chi connectivity index (χ3v) is 6.36. The molecule has 0 bridgehead atoms. The molecular weight excluding hydrogens is 258 g/mol. The molecule has 1 fully saturated rings. The summed E-state index contributed by atoms with van der Waals surface area (Å²) in [6, 6.07) is 3.11. The molecule has 1 aliphatic heterocycles. The summed E-state index contributed by atoms with van der Waals surface area (Å²) in [5.74, 6) is 3.62. The molecule has 1 saturated carbocycles. The SMILES string of the molecule is CCNC(CCC1CC1)c1cc2c(s1)CCSC2. The Morgan fingerprint density at radius 3 is 3.06 bits per heavy atom. The number of rotatable bonds is 6. The average molecular weight is 281 g/mol. The third-order valence-electron chi connectivity index (χ3n) is 4.00. The van der Waals surface area contributed by atoms with Gasteiger partial charge >= 0.3 is 0 Å². The van der Waals surface area contributed by atoms with Crippen molar-refractivity contribution < 1.29 is 0 Å². The van der Waals surface area contributed by atoms with Crippen LogP contribution < -0.4 is 5.32 Å². The molecule has 2 aliphatic rings. The Labute approximate surface area is 119 Å². The van der Waals surface area contributed by atoms with Gasteiger partial charge in [0.15, 0.2) is 0 Å². The first-order valence-electron chi connectivity index (χ1n) is 7.29. The molecule has 1 aromatic rings. The fraction of sp³-hybridized carbons (Fsp3) is 0.733. The molecule has 1 atom stereocenters. The minimum absolute atomic E-state index is 0.621. The number of thioether (sulfide) groups is 1. The molecular formula is C15H23NS2. The van der Waals surface area contributed by atoms with Gasteiger partial charge in [0.05, 0.1) is 0 Å². The molecule has 1 nitrogen and oxygen atoms in total. The van der Waals surface area contributed by atoms with Crippen LogP contribution in [0.4, 0.5) is 0 Å². The Kier molecular flexibility index (Phi) is 4.32. The maximum absolute atomic E-state index is 3.69. The summed E-state index contributed by atoms with van der Waals surface area (Å²) in [6.07, 6.45) is 7.03. The Hall–Kier alpha value is 0.01000. The molecule has 0 radical (unpaired) electrons. The summed E-state index contributed by atoms with van der Waals surface area (Å²) in [4.78, 5) is 3.27. The Balaban J connectivity index is 1.69. The molecule has 1 aromatic heterocycles. The highest BCUT2D eigenvalue weighted by atomic mass is 32.2. The first-order valence-corrected chi connectivity index (χ1v) is 9.26. The van der Waals surface area contributed by atoms with E-state index in [1.54, 1.807) is 15.3 Å². The van der Waals surface area contributed by atoms with Crippen molar-refractivity contribution in [3.05, 3.63) is 21.4 Å². The predicted molar refractivity (Wildman–Crippen MR) is 82.6 cm³/mol. The van der Waals surface area contributed by atoms with Gasteiger partial charge in [-0.1, -0.05) is 19.8 Å². The van der Waals surface area contributed by atoms with Crippen LogP contribution in [0.25, 0.3) is 0 Å². The van der Waals surface area contributed by atoms with E-state index in [-0.39, 0.29) is 0 Å². The van der Waals surface area contributed by atoms with Crippen LogP contribution in [0, 0.1) is 5.92 Å². The summed E-state index contributed by atoms with van der Waals surface area (Å²) in [5.41, 5.74) is 1.63. The van der Waals surface area contributed by atoms with Gasteiger partial charge in [-0.05, 0) is 49.1 Å². The second kappa shape index (κ2) is 5.98. The van der Waals surface area contributed by atoms with E-state index in [0.717, 1.165) is 12.5 Å². The van der Waals surface area contributed by atoms with Crippen LogP contribution >= 0.6 is 23.1 Å². The van der Waals surface area contributed by atoms with E-state index in [2.05, 4.69) is 41.4 Å². The lowest BCUT2D eigenvalue weighted by Gasteiger charge is -2.16. The molecule has 2 heterocycles. The highest BCUT2D eigenvalue weighted by molar-refractivity contribution is 7.98. The van der Waals surface area contributed by atoms with Gasteiger partial charge in [0.1, 0.15) is 0 Å². The smallest absolute Gasteiger partial charge is 0.0415 e. The third kappa shape index (κ3) is 3.12. The van der Waals surface area contributed by atoms with Crippen molar-refractivity contribution in [2.75, 3.05) is 12.3 Å². The second-order valence-corrected chi connectivity index (χ2v) is 7.80. The van der Waals surface area contributed by atoms with Gasteiger partial charge < -0.3 is 5.32 Å². The van der Waals surface area contributed by atoms with Crippen LogP contribution in [0.3, 0.4) is 0 Å². The van der Waals surface area contributed by atoms with Crippen molar-refractivity contribution in [1.82, 2.24) is 5.32 Å². The molecule has 1 unspecified atom stereocenters. The van der Waals surface area contributed by atoms with Crippen molar-refractivity contribution in [1.29, 1.82) is 0 Å². The van der Waals surface area contributed by atoms with Crippen LogP contribution in [0.1, 0.15) is 54.0 Å². The zero-order chi connectivity index (χ0) is 12.4. The summed E-state index contributed by atoms with van der Waals surface area (Å²) in [6.45, 7) is 3.32. The van der Waals surface area contributed by atoms with E-state index in [1.165, 1.54) is 43.6 Å². The van der Waals surface area contributed by atoms with E-state index in [4.69, 9.17) is 0 Å². The van der Waals surface area contributed by atoms with Gasteiger partial charge in [-0.15, -0.1) is 11.3 Å². The quantitative estimate of drug-likeness (QED) is 0.830. The lowest BCUT2D eigenvalue weighted by molar-refractivity contribution is 0.488. The highest BCUT2D eigenvalue weighted by Gasteiger charge is 2.24. The summed E-state index contributed by atoms with van der Waals surface area (Å²) < 4.78 is 0. The predicted octanol–water partition coefficient (Wildman–Crippen LogP) is 4.38. The molecule has 1 N–H and O–H groups in total. The van der Waals surface area contributed by atoms with Crippen LogP contribution in [-0.2, 0) is 12.2 Å². The van der Waals surface area contributed by atoms with E-state index < -0.39 is 0 Å². The van der Waals surface area contributed by atoms with Crippen LogP contribution in [-0.4, -0.2) is 12.3 Å². The maximum Gasteiger partial charge on any atom is 0.0415 e. The summed E-state index contributed by atoms with van der Waals surface area (Å²) in [5, 5.41) is 3.69. The first kappa shape index (κ1) is 13.0. The summed E-state index contributed by atoms with van der Waals surface area (Å²) in [7, 11) is 0. The topological polar surface area (TPSA) is 12.0 Å². The lowest BCUT2D eigenvalue weighted by Crippen LogP contribution is -2.20. The summed E-state index contributed by atoms with van der Waals surface area (Å²) >= 11 is 4.17. The highest BCUT2D eigenvalue weighted by Crippen LogP contribution is 2.39. The maximum atomic E-state index is 3.69. The van der Waals surface area contributed by atoms with Gasteiger partial charge in [-0.25, -0.2) is 0 Å². The standard InChI is InChI=1S/C15H23NS2/c1-2-16-13(6-5-11-3-4-11)15-9-12-10-17-8-7-14(12)18-15/h9,11,13,16H,2-8,10H2,1H3. The van der Waals surface area contributed by atoms with Gasteiger partial charge in [0, 0.05) is 21.5 Å². The average Bonchev–Trinajstić information content (AvgIpc) is 3.11. The van der Waals surface area contributed by atoms with Crippen molar-refractivity contribution in [3.8, 4) is 0 Å². The molecule has 100 valence electrons. The fourth-order valence-corrected chi connectivity index (χ4v) is 5.23. The minimum Gasteiger partial charge on any atom is -0.310 e. The van der Waals surface area contributed by atoms with Crippen LogP contribution in [0.15, 0.2) is 6.07 Å². The Morgan fingerprint density at radius 2 is 2.33 bits per heavy atom. The monoisotopic (exact) mass is 281 g/mol. The normalized spacial score (nSPS) is 20.7. The van der Waals surface area contributed by atoms with E-state index in [1.807, 2.05) is 0 Å². The lowest BCUT2D eigenvalue weighted by atomic mass is 10.1. The number of aryl methyl sites for hydroxylation is 1. The molecule has 18 heavy (non-hydrogen) atoms. The van der Waals surface area contributed by atoms with Crippen LogP contribution in [0.5, 0.6) is 0 Å². The zero-order valence-corrected chi connectivity index (χ0v) is 12.8. The van der Waals surface area contributed by atoms with Gasteiger partial charge in [0.25, 0.3) is 0 Å². The van der Waals surface area contributed by atoms with Crippen molar-refractivity contribution in [2.45, 2.75) is 50.8 Å². The van der Waals surface area contributed by atoms with Crippen molar-refractivity contribution in [2.24, 2.45) is 5.92 Å². The van der Waals surface area contributed by atoms with Crippen LogP contribution in [0.2, 0.25) is 0 Å². The van der Waals surface area contributed by atoms with Crippen molar-refractivity contribution in [3.63, 3.8) is 0 Å². The fourth-order valence-electron chi connectivity index (χ4n) is 2.74. The van der Waals surface area contributed by atoms with Crippen molar-refractivity contribution >= 4 is 23.1 Å². The number of hydrogen-bond acceptors (Lipinski definition) is 3. The Morgan fingerprint density at radius 1 is 1.44 bits per heavy atom. The van der Waals surface area contributed by atoms with E-state index >= 15 is 0 Å². The van der Waals surface area contributed by atoms with E-state index in [0.29, 0.717) is 6.04 Å². The van der Waals surface area contributed by atoms with Gasteiger partial charge in [-0.2, -0.15) is 11.8 Å². The largest absolute Gasteiger partial charge is 0.310 e. The molecule has 0 aromatic carbocycles. The number of hydrogen-bond donors (Lipinski definition) is 1.